The van der Waals surface area contributed by atoms with Gasteiger partial charge >= 0.3 is 0 Å². The van der Waals surface area contributed by atoms with Crippen molar-refractivity contribution in [1.29, 1.82) is 0 Å². The van der Waals surface area contributed by atoms with Gasteiger partial charge in [0.05, 0.1) is 11.8 Å². The van der Waals surface area contributed by atoms with Crippen LogP contribution in [0.2, 0.25) is 0 Å². The lowest BCUT2D eigenvalue weighted by atomic mass is 9.81. The molecule has 5 nitrogen and oxygen atoms in total. The van der Waals surface area contributed by atoms with Crippen LogP contribution in [0.1, 0.15) is 33.1 Å². The molecule has 3 rings (SSSR count). The SMILES string of the molecule is CCN(CC)C(=O)CN1C(=O)C2C3CCC(C3)C2C1=O. The molecule has 3 fully saturated rings. The van der Waals surface area contributed by atoms with Gasteiger partial charge in [-0.25, -0.2) is 0 Å². The van der Waals surface area contributed by atoms with E-state index in [1.807, 2.05) is 13.8 Å². The molecule has 4 unspecified atom stereocenters. The number of hydrogen-bond acceptors (Lipinski definition) is 3. The molecule has 2 aliphatic carbocycles. The van der Waals surface area contributed by atoms with Crippen LogP contribution in [0, 0.1) is 23.7 Å². The predicted octanol–water partition coefficient (Wildman–Crippen LogP) is 0.886. The molecule has 1 aliphatic heterocycles. The van der Waals surface area contributed by atoms with Crippen LogP contribution in [0.3, 0.4) is 0 Å². The molecular formula is C15H22N2O3. The minimum Gasteiger partial charge on any atom is -0.342 e. The number of fused-ring (bicyclic) bond motifs is 5. The van der Waals surface area contributed by atoms with E-state index in [0.717, 1.165) is 19.3 Å². The van der Waals surface area contributed by atoms with E-state index in [1.54, 1.807) is 4.90 Å². The van der Waals surface area contributed by atoms with Crippen molar-refractivity contribution in [2.75, 3.05) is 19.6 Å². The van der Waals surface area contributed by atoms with Gasteiger partial charge in [0.1, 0.15) is 6.54 Å². The number of likely N-dealkylation sites (N-methyl/N-ethyl adjacent to an activating group) is 1. The second-order valence-corrected chi connectivity index (χ2v) is 6.21. The molecule has 3 amide bonds. The molecule has 0 aromatic rings. The van der Waals surface area contributed by atoms with Gasteiger partial charge in [-0.05, 0) is 44.9 Å². The average Bonchev–Trinajstić information content (AvgIpc) is 3.10. The maximum atomic E-state index is 12.5. The van der Waals surface area contributed by atoms with Gasteiger partial charge < -0.3 is 4.90 Å². The molecule has 1 saturated heterocycles. The van der Waals surface area contributed by atoms with Gasteiger partial charge in [0.15, 0.2) is 0 Å². The molecule has 0 aromatic heterocycles. The van der Waals surface area contributed by atoms with Crippen LogP contribution in [-0.4, -0.2) is 47.2 Å². The molecule has 2 bridgehead atoms. The number of imide groups is 1. The topological polar surface area (TPSA) is 57.7 Å². The van der Waals surface area contributed by atoms with Crippen LogP contribution in [0.25, 0.3) is 0 Å². The Bertz CT molecular complexity index is 430. The maximum absolute atomic E-state index is 12.5. The maximum Gasteiger partial charge on any atom is 0.242 e. The Morgan fingerprint density at radius 1 is 1.10 bits per heavy atom. The summed E-state index contributed by atoms with van der Waals surface area (Å²) in [5.74, 6) is 0.228. The van der Waals surface area contributed by atoms with Crippen molar-refractivity contribution in [3.63, 3.8) is 0 Å². The first-order chi connectivity index (χ1) is 9.58. The molecule has 20 heavy (non-hydrogen) atoms. The van der Waals surface area contributed by atoms with E-state index in [2.05, 4.69) is 0 Å². The Morgan fingerprint density at radius 3 is 2.05 bits per heavy atom. The van der Waals surface area contributed by atoms with Crippen molar-refractivity contribution in [2.24, 2.45) is 23.7 Å². The van der Waals surface area contributed by atoms with Crippen LogP contribution >= 0.6 is 0 Å². The van der Waals surface area contributed by atoms with Crippen molar-refractivity contribution in [3.8, 4) is 0 Å². The van der Waals surface area contributed by atoms with Gasteiger partial charge in [-0.3, -0.25) is 19.3 Å². The smallest absolute Gasteiger partial charge is 0.242 e. The lowest BCUT2D eigenvalue weighted by Crippen LogP contribution is -2.43. The third-order valence-corrected chi connectivity index (χ3v) is 5.43. The van der Waals surface area contributed by atoms with E-state index in [4.69, 9.17) is 0 Å². The van der Waals surface area contributed by atoms with Crippen molar-refractivity contribution in [2.45, 2.75) is 33.1 Å². The third-order valence-electron chi connectivity index (χ3n) is 5.43. The van der Waals surface area contributed by atoms with Gasteiger partial charge in [0, 0.05) is 13.1 Å². The first kappa shape index (κ1) is 13.6. The van der Waals surface area contributed by atoms with Crippen molar-refractivity contribution >= 4 is 17.7 Å². The molecule has 3 aliphatic rings. The van der Waals surface area contributed by atoms with E-state index in [-0.39, 0.29) is 36.1 Å². The largest absolute Gasteiger partial charge is 0.342 e. The van der Waals surface area contributed by atoms with E-state index in [1.165, 1.54) is 4.90 Å². The fourth-order valence-electron chi connectivity index (χ4n) is 4.44. The lowest BCUT2D eigenvalue weighted by molar-refractivity contribution is -0.147. The summed E-state index contributed by atoms with van der Waals surface area (Å²) < 4.78 is 0. The third kappa shape index (κ3) is 1.79. The summed E-state index contributed by atoms with van der Waals surface area (Å²) >= 11 is 0. The highest BCUT2D eigenvalue weighted by molar-refractivity contribution is 6.08. The number of hydrogen-bond donors (Lipinski definition) is 0. The molecule has 5 heteroatoms. The zero-order valence-electron chi connectivity index (χ0n) is 12.2. The van der Waals surface area contributed by atoms with Gasteiger partial charge in [-0.15, -0.1) is 0 Å². The molecule has 0 N–H and O–H groups in total. The molecule has 1 heterocycles. The molecular weight excluding hydrogens is 256 g/mol. The number of carbonyl (C=O) groups is 3. The monoisotopic (exact) mass is 278 g/mol. The Labute approximate surface area is 119 Å². The Balaban J connectivity index is 1.74. The zero-order valence-corrected chi connectivity index (χ0v) is 12.2. The van der Waals surface area contributed by atoms with Crippen LogP contribution in [-0.2, 0) is 14.4 Å². The summed E-state index contributed by atoms with van der Waals surface area (Å²) in [5, 5.41) is 0. The molecule has 110 valence electrons. The van der Waals surface area contributed by atoms with E-state index in [0.29, 0.717) is 24.9 Å². The summed E-state index contributed by atoms with van der Waals surface area (Å²) in [6.07, 6.45) is 3.18. The predicted molar refractivity (Wildman–Crippen MR) is 72.5 cm³/mol. The normalized spacial score (nSPS) is 34.8. The van der Waals surface area contributed by atoms with Crippen LogP contribution in [0.4, 0.5) is 0 Å². The highest BCUT2D eigenvalue weighted by Gasteiger charge is 2.60. The highest BCUT2D eigenvalue weighted by atomic mass is 16.2. The summed E-state index contributed by atoms with van der Waals surface area (Å²) in [4.78, 5) is 39.9. The molecule has 4 atom stereocenters. The highest BCUT2D eigenvalue weighted by Crippen LogP contribution is 2.56. The number of nitrogens with zero attached hydrogens (tertiary/aromatic N) is 2. The van der Waals surface area contributed by atoms with Gasteiger partial charge in [0.2, 0.25) is 17.7 Å². The molecule has 0 radical (unpaired) electrons. The summed E-state index contributed by atoms with van der Waals surface area (Å²) in [6, 6.07) is 0. The first-order valence-electron chi connectivity index (χ1n) is 7.71. The molecule has 0 spiro atoms. The van der Waals surface area contributed by atoms with Gasteiger partial charge in [-0.2, -0.15) is 0 Å². The van der Waals surface area contributed by atoms with Gasteiger partial charge in [-0.1, -0.05) is 0 Å². The second kappa shape index (κ2) is 4.86. The second-order valence-electron chi connectivity index (χ2n) is 6.21. The zero-order chi connectivity index (χ0) is 14.4. The quantitative estimate of drug-likeness (QED) is 0.718. The van der Waals surface area contributed by atoms with Crippen LogP contribution < -0.4 is 0 Å². The molecule has 0 aromatic carbocycles. The van der Waals surface area contributed by atoms with E-state index >= 15 is 0 Å². The fourth-order valence-corrected chi connectivity index (χ4v) is 4.44. The number of amides is 3. The average molecular weight is 278 g/mol. The Morgan fingerprint density at radius 2 is 1.60 bits per heavy atom. The van der Waals surface area contributed by atoms with Crippen molar-refractivity contribution in [1.82, 2.24) is 9.80 Å². The first-order valence-corrected chi connectivity index (χ1v) is 7.71. The molecule has 2 saturated carbocycles. The summed E-state index contributed by atoms with van der Waals surface area (Å²) in [7, 11) is 0. The number of carbonyl (C=O) groups excluding carboxylic acids is 3. The summed E-state index contributed by atoms with van der Waals surface area (Å²) in [5.41, 5.74) is 0. The van der Waals surface area contributed by atoms with Gasteiger partial charge in [0.25, 0.3) is 0 Å². The standard InChI is InChI=1S/C15H22N2O3/c1-3-16(4-2)11(18)8-17-14(19)12-9-5-6-10(7-9)13(12)15(17)20/h9-10,12-13H,3-8H2,1-2H3. The summed E-state index contributed by atoms with van der Waals surface area (Å²) in [6.45, 7) is 4.98. The van der Waals surface area contributed by atoms with E-state index in [9.17, 15) is 14.4 Å². The van der Waals surface area contributed by atoms with Crippen molar-refractivity contribution in [3.05, 3.63) is 0 Å². The fraction of sp³-hybridized carbons (Fsp3) is 0.800. The van der Waals surface area contributed by atoms with Crippen molar-refractivity contribution < 1.29 is 14.4 Å². The Kier molecular flexibility index (Phi) is 3.30. The minimum absolute atomic E-state index is 0.0637. The number of rotatable bonds is 4. The van der Waals surface area contributed by atoms with E-state index < -0.39 is 0 Å². The van der Waals surface area contributed by atoms with Crippen LogP contribution in [0.5, 0.6) is 0 Å². The minimum atomic E-state index is -0.121. The lowest BCUT2D eigenvalue weighted by Gasteiger charge is -2.22. The Hall–Kier alpha value is -1.39. The number of likely N-dealkylation sites (tertiary alicyclic amines) is 1. The van der Waals surface area contributed by atoms with Crippen LogP contribution in [0.15, 0.2) is 0 Å².